The third-order valence-electron chi connectivity index (χ3n) is 2.39. The minimum Gasteiger partial charge on any atom is -0.366 e. The van der Waals surface area contributed by atoms with Crippen LogP contribution in [0.15, 0.2) is 12.3 Å². The van der Waals surface area contributed by atoms with E-state index in [9.17, 15) is 4.79 Å². The van der Waals surface area contributed by atoms with Crippen molar-refractivity contribution in [3.63, 3.8) is 0 Å². The summed E-state index contributed by atoms with van der Waals surface area (Å²) in [7, 11) is 0. The summed E-state index contributed by atoms with van der Waals surface area (Å²) in [6.07, 6.45) is 1.80. The zero-order valence-electron chi connectivity index (χ0n) is 8.09. The Kier molecular flexibility index (Phi) is 1.77. The van der Waals surface area contributed by atoms with E-state index in [0.29, 0.717) is 11.3 Å². The highest BCUT2D eigenvalue weighted by Crippen LogP contribution is 2.20. The van der Waals surface area contributed by atoms with Crippen molar-refractivity contribution in [1.82, 2.24) is 9.97 Å². The molecule has 0 fully saturated rings. The lowest BCUT2D eigenvalue weighted by molar-refractivity contribution is 0.0999. The van der Waals surface area contributed by atoms with E-state index < -0.39 is 5.91 Å². The summed E-state index contributed by atoms with van der Waals surface area (Å²) >= 11 is 0. The molecule has 1 amide bonds. The number of nitrogens with one attached hydrogen (secondary N) is 1. The summed E-state index contributed by atoms with van der Waals surface area (Å²) in [5, 5.41) is 0.949. The largest absolute Gasteiger partial charge is 0.366 e. The fraction of sp³-hybridized carbons (Fsp3) is 0.200. The number of H-pyrrole nitrogens is 1. The number of nitrogens with two attached hydrogens (primary N) is 1. The molecule has 72 valence electrons. The summed E-state index contributed by atoms with van der Waals surface area (Å²) in [5.41, 5.74) is 8.17. The lowest BCUT2D eigenvalue weighted by Gasteiger charge is -2.05. The minimum absolute atomic E-state index is 0.421. The van der Waals surface area contributed by atoms with Crippen LogP contribution in [-0.4, -0.2) is 15.9 Å². The number of fused-ring (bicyclic) bond motifs is 1. The number of amides is 1. The van der Waals surface area contributed by atoms with Crippen LogP contribution in [0.2, 0.25) is 0 Å². The van der Waals surface area contributed by atoms with Gasteiger partial charge in [-0.25, -0.2) is 4.98 Å². The molecule has 0 aliphatic rings. The molecule has 0 spiro atoms. The van der Waals surface area contributed by atoms with Crippen molar-refractivity contribution in [3.05, 3.63) is 29.1 Å². The molecule has 2 rings (SSSR count). The number of hydrogen-bond donors (Lipinski definition) is 2. The van der Waals surface area contributed by atoms with E-state index >= 15 is 0 Å². The first-order valence-electron chi connectivity index (χ1n) is 4.35. The number of hydrogen-bond acceptors (Lipinski definition) is 2. The Hall–Kier alpha value is -1.84. The molecular formula is C10H11N3O. The number of aryl methyl sites for hydroxylation is 2. The number of pyridine rings is 1. The maximum Gasteiger partial charge on any atom is 0.250 e. The van der Waals surface area contributed by atoms with Gasteiger partial charge in [-0.2, -0.15) is 0 Å². The van der Waals surface area contributed by atoms with Gasteiger partial charge in [0.2, 0.25) is 0 Å². The van der Waals surface area contributed by atoms with Gasteiger partial charge in [-0.05, 0) is 25.5 Å². The Morgan fingerprint density at radius 1 is 1.50 bits per heavy atom. The van der Waals surface area contributed by atoms with Gasteiger partial charge in [0, 0.05) is 11.6 Å². The SMILES string of the molecule is Cc1nc2[nH]ccc2c(C)c1C(N)=O. The van der Waals surface area contributed by atoms with Gasteiger partial charge in [-0.15, -0.1) is 0 Å². The highest BCUT2D eigenvalue weighted by atomic mass is 16.1. The topological polar surface area (TPSA) is 71.8 Å². The normalized spacial score (nSPS) is 10.7. The van der Waals surface area contributed by atoms with E-state index in [4.69, 9.17) is 5.73 Å². The summed E-state index contributed by atoms with van der Waals surface area (Å²) < 4.78 is 0. The molecule has 2 aromatic rings. The number of carbonyl (C=O) groups excluding carboxylic acids is 1. The van der Waals surface area contributed by atoms with Crippen LogP contribution < -0.4 is 5.73 Å². The van der Waals surface area contributed by atoms with Crippen LogP contribution in [0.1, 0.15) is 21.6 Å². The smallest absolute Gasteiger partial charge is 0.250 e. The van der Waals surface area contributed by atoms with Crippen LogP contribution in [0.3, 0.4) is 0 Å². The molecule has 2 aromatic heterocycles. The number of aromatic nitrogens is 2. The van der Waals surface area contributed by atoms with Crippen LogP contribution in [0.25, 0.3) is 11.0 Å². The van der Waals surface area contributed by atoms with E-state index in [1.165, 1.54) is 0 Å². The molecular weight excluding hydrogens is 178 g/mol. The number of carbonyl (C=O) groups is 1. The van der Waals surface area contributed by atoms with Gasteiger partial charge in [0.05, 0.1) is 11.3 Å². The van der Waals surface area contributed by atoms with E-state index in [1.54, 1.807) is 13.1 Å². The average Bonchev–Trinajstić information content (AvgIpc) is 2.50. The summed E-state index contributed by atoms with van der Waals surface area (Å²) in [6, 6.07) is 1.89. The third kappa shape index (κ3) is 1.08. The number of rotatable bonds is 1. The van der Waals surface area contributed by atoms with Gasteiger partial charge in [0.25, 0.3) is 5.91 Å². The molecule has 4 nitrogen and oxygen atoms in total. The Morgan fingerprint density at radius 2 is 2.21 bits per heavy atom. The van der Waals surface area contributed by atoms with Gasteiger partial charge in [0.1, 0.15) is 5.65 Å². The van der Waals surface area contributed by atoms with Crippen LogP contribution in [-0.2, 0) is 0 Å². The molecule has 0 bridgehead atoms. The zero-order valence-corrected chi connectivity index (χ0v) is 8.09. The Balaban J connectivity index is 2.89. The van der Waals surface area contributed by atoms with Crippen molar-refractivity contribution in [2.24, 2.45) is 5.73 Å². The van der Waals surface area contributed by atoms with E-state index in [-0.39, 0.29) is 0 Å². The Labute approximate surface area is 81.1 Å². The van der Waals surface area contributed by atoms with Gasteiger partial charge >= 0.3 is 0 Å². The Morgan fingerprint density at radius 3 is 2.86 bits per heavy atom. The first-order chi connectivity index (χ1) is 6.61. The maximum absolute atomic E-state index is 11.2. The lowest BCUT2D eigenvalue weighted by Crippen LogP contribution is -2.15. The maximum atomic E-state index is 11.2. The van der Waals surface area contributed by atoms with E-state index in [2.05, 4.69) is 9.97 Å². The quantitative estimate of drug-likeness (QED) is 0.709. The fourth-order valence-corrected chi connectivity index (χ4v) is 1.75. The molecule has 3 N–H and O–H groups in total. The molecule has 0 atom stereocenters. The molecule has 4 heteroatoms. The highest BCUT2D eigenvalue weighted by molar-refractivity contribution is 5.99. The predicted molar refractivity (Wildman–Crippen MR) is 54.1 cm³/mol. The minimum atomic E-state index is -0.421. The lowest BCUT2D eigenvalue weighted by atomic mass is 10.0. The van der Waals surface area contributed by atoms with Crippen molar-refractivity contribution in [1.29, 1.82) is 0 Å². The summed E-state index contributed by atoms with van der Waals surface area (Å²) in [4.78, 5) is 18.4. The molecule has 0 unspecified atom stereocenters. The summed E-state index contributed by atoms with van der Waals surface area (Å²) in [6.45, 7) is 3.66. The molecule has 0 saturated carbocycles. The van der Waals surface area contributed by atoms with Crippen molar-refractivity contribution < 1.29 is 4.79 Å². The number of aromatic amines is 1. The number of nitrogens with zero attached hydrogens (tertiary/aromatic N) is 1. The van der Waals surface area contributed by atoms with Crippen molar-refractivity contribution in [2.75, 3.05) is 0 Å². The van der Waals surface area contributed by atoms with Gasteiger partial charge < -0.3 is 10.7 Å². The molecule has 14 heavy (non-hydrogen) atoms. The third-order valence-corrected chi connectivity index (χ3v) is 2.39. The average molecular weight is 189 g/mol. The van der Waals surface area contributed by atoms with E-state index in [1.807, 2.05) is 13.0 Å². The van der Waals surface area contributed by atoms with Gasteiger partial charge in [-0.3, -0.25) is 4.79 Å². The van der Waals surface area contributed by atoms with Gasteiger partial charge in [-0.1, -0.05) is 0 Å². The monoisotopic (exact) mass is 189 g/mol. The van der Waals surface area contributed by atoms with Crippen LogP contribution in [0, 0.1) is 13.8 Å². The number of primary amides is 1. The predicted octanol–water partition coefficient (Wildman–Crippen LogP) is 1.28. The Bertz CT molecular complexity index is 513. The highest BCUT2D eigenvalue weighted by Gasteiger charge is 2.13. The summed E-state index contributed by atoms with van der Waals surface area (Å²) in [5.74, 6) is -0.421. The second kappa shape index (κ2) is 2.83. The molecule has 0 aromatic carbocycles. The second-order valence-electron chi connectivity index (χ2n) is 3.30. The van der Waals surface area contributed by atoms with Crippen LogP contribution in [0.5, 0.6) is 0 Å². The first kappa shape index (κ1) is 8.74. The van der Waals surface area contributed by atoms with Crippen molar-refractivity contribution in [2.45, 2.75) is 13.8 Å². The first-order valence-corrected chi connectivity index (χ1v) is 4.35. The van der Waals surface area contributed by atoms with E-state index in [0.717, 1.165) is 16.6 Å². The zero-order chi connectivity index (χ0) is 10.3. The molecule has 0 aliphatic heterocycles. The van der Waals surface area contributed by atoms with Gasteiger partial charge in [0.15, 0.2) is 0 Å². The van der Waals surface area contributed by atoms with Crippen molar-refractivity contribution in [3.8, 4) is 0 Å². The molecule has 0 saturated heterocycles. The van der Waals surface area contributed by atoms with Crippen molar-refractivity contribution >= 4 is 16.9 Å². The fourth-order valence-electron chi connectivity index (χ4n) is 1.75. The van der Waals surface area contributed by atoms with Crippen LogP contribution >= 0.6 is 0 Å². The molecule has 0 aliphatic carbocycles. The standard InChI is InChI=1S/C10H11N3O/c1-5-7-3-4-12-10(7)13-6(2)8(5)9(11)14/h3-4H,1-2H3,(H2,11,14)(H,12,13). The van der Waals surface area contributed by atoms with Crippen LogP contribution in [0.4, 0.5) is 0 Å². The second-order valence-corrected chi connectivity index (χ2v) is 3.30. The molecule has 0 radical (unpaired) electrons. The molecule has 2 heterocycles.